The van der Waals surface area contributed by atoms with E-state index in [4.69, 9.17) is 0 Å². The van der Waals surface area contributed by atoms with Crippen LogP contribution in [0.4, 0.5) is 13.2 Å². The van der Waals surface area contributed by atoms with Gasteiger partial charge in [-0.15, -0.1) is 0 Å². The lowest BCUT2D eigenvalue weighted by molar-refractivity contribution is -0.137. The molecule has 2 rings (SSSR count). The summed E-state index contributed by atoms with van der Waals surface area (Å²) < 4.78 is 60.6. The first-order chi connectivity index (χ1) is 13.1. The van der Waals surface area contributed by atoms with Gasteiger partial charge in [-0.2, -0.15) is 13.2 Å². The summed E-state index contributed by atoms with van der Waals surface area (Å²) in [7, 11) is -3.01. The van der Waals surface area contributed by atoms with Crippen molar-refractivity contribution in [3.63, 3.8) is 0 Å². The first-order valence-corrected chi connectivity index (χ1v) is 10.6. The summed E-state index contributed by atoms with van der Waals surface area (Å²) in [6.45, 7) is 2.86. The number of aliphatic imine (C=N–C) groups is 1. The molecule has 0 saturated carbocycles. The Morgan fingerprint density at radius 2 is 1.89 bits per heavy atom. The van der Waals surface area contributed by atoms with Gasteiger partial charge in [0.05, 0.1) is 23.6 Å². The fourth-order valence-electron chi connectivity index (χ4n) is 2.67. The van der Waals surface area contributed by atoms with E-state index >= 15 is 0 Å². The normalized spacial score (nSPS) is 19.3. The molecule has 156 valence electrons. The Morgan fingerprint density at radius 1 is 1.21 bits per heavy atom. The number of halogens is 3. The molecule has 1 aromatic rings. The van der Waals surface area contributed by atoms with Crippen molar-refractivity contribution in [1.29, 1.82) is 0 Å². The minimum atomic E-state index is -4.45. The van der Waals surface area contributed by atoms with Gasteiger partial charge in [0.15, 0.2) is 15.8 Å². The van der Waals surface area contributed by atoms with E-state index in [1.165, 1.54) is 0 Å². The van der Waals surface area contributed by atoms with Crippen molar-refractivity contribution < 1.29 is 26.4 Å². The number of amides is 1. The molecule has 3 N–H and O–H groups in total. The van der Waals surface area contributed by atoms with Crippen LogP contribution in [0.3, 0.4) is 0 Å². The third kappa shape index (κ3) is 6.70. The molecular formula is C17H23F3N4O3S. The van der Waals surface area contributed by atoms with E-state index in [2.05, 4.69) is 20.9 Å². The predicted octanol–water partition coefficient (Wildman–Crippen LogP) is 1.18. The maximum atomic E-state index is 12.5. The van der Waals surface area contributed by atoms with Gasteiger partial charge < -0.3 is 16.0 Å². The van der Waals surface area contributed by atoms with Gasteiger partial charge in [0.1, 0.15) is 0 Å². The summed E-state index contributed by atoms with van der Waals surface area (Å²) >= 11 is 0. The maximum absolute atomic E-state index is 12.5. The van der Waals surface area contributed by atoms with Gasteiger partial charge in [0, 0.05) is 24.7 Å². The molecule has 0 aromatic heterocycles. The number of sulfone groups is 1. The molecule has 0 spiro atoms. The predicted molar refractivity (Wildman–Crippen MR) is 100.0 cm³/mol. The monoisotopic (exact) mass is 420 g/mol. The number of alkyl halides is 3. The quantitative estimate of drug-likeness (QED) is 0.365. The number of carbonyl (C=O) groups excluding carboxylic acids is 1. The van der Waals surface area contributed by atoms with Crippen LogP contribution < -0.4 is 16.0 Å². The Kier molecular flexibility index (Phi) is 7.28. The molecular weight excluding hydrogens is 397 g/mol. The van der Waals surface area contributed by atoms with Crippen LogP contribution in [0.15, 0.2) is 29.3 Å². The molecule has 0 aliphatic carbocycles. The number of rotatable bonds is 6. The zero-order valence-electron chi connectivity index (χ0n) is 15.3. The van der Waals surface area contributed by atoms with Gasteiger partial charge in [-0.1, -0.05) is 0 Å². The minimum absolute atomic E-state index is 0.0576. The lowest BCUT2D eigenvalue weighted by Crippen LogP contribution is -2.44. The average Bonchev–Trinajstić information content (AvgIpc) is 2.96. The summed E-state index contributed by atoms with van der Waals surface area (Å²) in [5, 5.41) is 8.64. The van der Waals surface area contributed by atoms with Crippen molar-refractivity contribution in [1.82, 2.24) is 16.0 Å². The number of hydrogen-bond acceptors (Lipinski definition) is 4. The second-order valence-electron chi connectivity index (χ2n) is 6.34. The Labute approximate surface area is 161 Å². The third-order valence-corrected chi connectivity index (χ3v) is 5.83. The number of carbonyl (C=O) groups is 1. The van der Waals surface area contributed by atoms with Crippen LogP contribution in [0.2, 0.25) is 0 Å². The summed E-state index contributed by atoms with van der Waals surface area (Å²) in [6, 6.07) is 3.75. The zero-order chi connectivity index (χ0) is 20.8. The molecule has 11 heteroatoms. The lowest BCUT2D eigenvalue weighted by atomic mass is 10.1. The van der Waals surface area contributed by atoms with E-state index in [0.717, 1.165) is 24.3 Å². The van der Waals surface area contributed by atoms with Crippen molar-refractivity contribution >= 4 is 21.7 Å². The molecule has 1 atom stereocenters. The standard InChI is InChI=1S/C17H23F3N4O3S/c1-2-21-16(24-14-7-10-28(26,27)11-14)23-9-8-22-15(25)12-3-5-13(6-4-12)17(18,19)20/h3-6,14H,2,7-11H2,1H3,(H,22,25)(H2,21,23,24). The van der Waals surface area contributed by atoms with Gasteiger partial charge in [-0.3, -0.25) is 9.79 Å². The summed E-state index contributed by atoms with van der Waals surface area (Å²) in [5.74, 6) is 0.159. The molecule has 0 bridgehead atoms. The molecule has 1 heterocycles. The maximum Gasteiger partial charge on any atom is 0.416 e. The van der Waals surface area contributed by atoms with Crippen LogP contribution in [0.25, 0.3) is 0 Å². The highest BCUT2D eigenvalue weighted by molar-refractivity contribution is 7.91. The number of nitrogens with zero attached hydrogens (tertiary/aromatic N) is 1. The van der Waals surface area contributed by atoms with Crippen molar-refractivity contribution in [2.75, 3.05) is 31.1 Å². The molecule has 1 aliphatic heterocycles. The second kappa shape index (κ2) is 9.26. The van der Waals surface area contributed by atoms with Crippen LogP contribution in [0, 0.1) is 0 Å². The third-order valence-electron chi connectivity index (χ3n) is 4.06. The average molecular weight is 420 g/mol. The lowest BCUT2D eigenvalue weighted by Gasteiger charge is -2.15. The highest BCUT2D eigenvalue weighted by Gasteiger charge is 2.30. The molecule has 1 saturated heterocycles. The van der Waals surface area contributed by atoms with Crippen molar-refractivity contribution in [3.05, 3.63) is 35.4 Å². The van der Waals surface area contributed by atoms with Crippen LogP contribution in [-0.2, 0) is 16.0 Å². The topological polar surface area (TPSA) is 99.7 Å². The minimum Gasteiger partial charge on any atom is -0.357 e. The molecule has 0 radical (unpaired) electrons. The van der Waals surface area contributed by atoms with E-state index in [9.17, 15) is 26.4 Å². The first kappa shape index (κ1) is 22.0. The van der Waals surface area contributed by atoms with E-state index in [0.29, 0.717) is 18.9 Å². The molecule has 1 aliphatic rings. The van der Waals surface area contributed by atoms with Crippen LogP contribution in [-0.4, -0.2) is 57.5 Å². The van der Waals surface area contributed by atoms with Crippen molar-refractivity contribution in [2.45, 2.75) is 25.6 Å². The smallest absolute Gasteiger partial charge is 0.357 e. The summed E-state index contributed by atoms with van der Waals surface area (Å²) in [4.78, 5) is 16.3. The number of hydrogen-bond donors (Lipinski definition) is 3. The Hall–Kier alpha value is -2.30. The van der Waals surface area contributed by atoms with Gasteiger partial charge in [0.25, 0.3) is 5.91 Å². The number of guanidine groups is 1. The molecule has 7 nitrogen and oxygen atoms in total. The molecule has 1 fully saturated rings. The van der Waals surface area contributed by atoms with Crippen molar-refractivity contribution in [3.8, 4) is 0 Å². The van der Waals surface area contributed by atoms with E-state index in [1.54, 1.807) is 0 Å². The van der Waals surface area contributed by atoms with Crippen LogP contribution in [0.5, 0.6) is 0 Å². The van der Waals surface area contributed by atoms with E-state index in [-0.39, 0.29) is 36.2 Å². The SMILES string of the molecule is CCNC(=NCCNC(=O)c1ccc(C(F)(F)F)cc1)NC1CCS(=O)(=O)C1. The van der Waals surface area contributed by atoms with Crippen LogP contribution >= 0.6 is 0 Å². The van der Waals surface area contributed by atoms with Crippen molar-refractivity contribution in [2.24, 2.45) is 4.99 Å². The van der Waals surface area contributed by atoms with Gasteiger partial charge in [-0.25, -0.2) is 8.42 Å². The first-order valence-electron chi connectivity index (χ1n) is 8.81. The molecule has 1 unspecified atom stereocenters. The van der Waals surface area contributed by atoms with Gasteiger partial charge in [0.2, 0.25) is 0 Å². The fourth-order valence-corrected chi connectivity index (χ4v) is 4.35. The molecule has 1 aromatic carbocycles. The highest BCUT2D eigenvalue weighted by atomic mass is 32.2. The van der Waals surface area contributed by atoms with E-state index in [1.807, 2.05) is 6.92 Å². The van der Waals surface area contributed by atoms with E-state index < -0.39 is 27.5 Å². The Balaban J connectivity index is 1.83. The second-order valence-corrected chi connectivity index (χ2v) is 8.56. The van der Waals surface area contributed by atoms with Gasteiger partial charge in [-0.05, 0) is 37.6 Å². The number of benzene rings is 1. The van der Waals surface area contributed by atoms with Gasteiger partial charge >= 0.3 is 6.18 Å². The number of nitrogens with one attached hydrogen (secondary N) is 3. The highest BCUT2D eigenvalue weighted by Crippen LogP contribution is 2.29. The Bertz CT molecular complexity index is 808. The fraction of sp³-hybridized carbons (Fsp3) is 0.529. The molecule has 1 amide bonds. The van der Waals surface area contributed by atoms with Crippen LogP contribution in [0.1, 0.15) is 29.3 Å². The Morgan fingerprint density at radius 3 is 2.43 bits per heavy atom. The largest absolute Gasteiger partial charge is 0.416 e. The molecule has 28 heavy (non-hydrogen) atoms. The zero-order valence-corrected chi connectivity index (χ0v) is 16.2. The summed E-state index contributed by atoms with van der Waals surface area (Å²) in [6.07, 6.45) is -3.94. The summed E-state index contributed by atoms with van der Waals surface area (Å²) in [5.41, 5.74) is -0.692.